The molecule has 0 aromatic heterocycles. The van der Waals surface area contributed by atoms with Gasteiger partial charge in [-0.25, -0.2) is 0 Å². The molecule has 1 unspecified atom stereocenters. The van der Waals surface area contributed by atoms with Crippen molar-refractivity contribution in [2.24, 2.45) is 11.1 Å². The minimum Gasteiger partial charge on any atom is -0.497 e. The summed E-state index contributed by atoms with van der Waals surface area (Å²) in [7, 11) is 3.25. The average molecular weight is 306 g/mol. The molecule has 1 fully saturated rings. The van der Waals surface area contributed by atoms with E-state index >= 15 is 0 Å². The van der Waals surface area contributed by atoms with Crippen LogP contribution in [0.2, 0.25) is 0 Å². The van der Waals surface area contributed by atoms with Crippen LogP contribution in [0.1, 0.15) is 25.3 Å². The maximum Gasteiger partial charge on any atom is 0.222 e. The van der Waals surface area contributed by atoms with Gasteiger partial charge in [-0.05, 0) is 42.5 Å². The van der Waals surface area contributed by atoms with Crippen molar-refractivity contribution in [1.29, 1.82) is 0 Å². The van der Waals surface area contributed by atoms with Gasteiger partial charge in [0.2, 0.25) is 5.91 Å². The summed E-state index contributed by atoms with van der Waals surface area (Å²) in [6.45, 7) is 4.36. The first-order valence-electron chi connectivity index (χ1n) is 7.69. The molecular formula is C17H26N2O3. The molecule has 5 heteroatoms. The molecule has 1 amide bonds. The first-order chi connectivity index (χ1) is 10.5. The Bertz CT molecular complexity index is 510. The van der Waals surface area contributed by atoms with E-state index in [1.807, 2.05) is 23.1 Å². The number of rotatable bonds is 6. The summed E-state index contributed by atoms with van der Waals surface area (Å²) in [5.74, 6) is 1.69. The molecule has 122 valence electrons. The van der Waals surface area contributed by atoms with E-state index in [0.29, 0.717) is 19.4 Å². The van der Waals surface area contributed by atoms with Gasteiger partial charge in [-0.1, -0.05) is 6.92 Å². The predicted molar refractivity (Wildman–Crippen MR) is 86.2 cm³/mol. The number of hydrogen-bond acceptors (Lipinski definition) is 4. The van der Waals surface area contributed by atoms with Crippen LogP contribution in [-0.4, -0.2) is 44.7 Å². The molecule has 1 aliphatic rings. The molecule has 0 radical (unpaired) electrons. The molecule has 1 aromatic carbocycles. The maximum absolute atomic E-state index is 12.4. The van der Waals surface area contributed by atoms with Crippen molar-refractivity contribution in [3.05, 3.63) is 23.8 Å². The van der Waals surface area contributed by atoms with Gasteiger partial charge in [0.15, 0.2) is 0 Å². The quantitative estimate of drug-likeness (QED) is 0.871. The second-order valence-electron chi connectivity index (χ2n) is 6.30. The number of benzene rings is 1. The van der Waals surface area contributed by atoms with Gasteiger partial charge >= 0.3 is 0 Å². The Kier molecular flexibility index (Phi) is 5.29. The fourth-order valence-corrected chi connectivity index (χ4v) is 2.82. The van der Waals surface area contributed by atoms with Crippen molar-refractivity contribution in [2.75, 3.05) is 33.9 Å². The monoisotopic (exact) mass is 306 g/mol. The predicted octanol–water partition coefficient (Wildman–Crippen LogP) is 1.83. The van der Waals surface area contributed by atoms with E-state index in [0.717, 1.165) is 36.6 Å². The van der Waals surface area contributed by atoms with E-state index in [9.17, 15) is 4.79 Å². The third-order valence-corrected chi connectivity index (χ3v) is 4.44. The lowest BCUT2D eigenvalue weighted by Gasteiger charge is -2.22. The molecule has 0 aliphatic carbocycles. The van der Waals surface area contributed by atoms with E-state index in [1.54, 1.807) is 14.2 Å². The van der Waals surface area contributed by atoms with Gasteiger partial charge < -0.3 is 20.1 Å². The topological polar surface area (TPSA) is 64.8 Å². The molecule has 22 heavy (non-hydrogen) atoms. The van der Waals surface area contributed by atoms with Crippen LogP contribution in [0.5, 0.6) is 11.5 Å². The van der Waals surface area contributed by atoms with Crippen LogP contribution in [0, 0.1) is 5.41 Å². The Hall–Kier alpha value is -1.75. The fraction of sp³-hybridized carbons (Fsp3) is 0.588. The number of ether oxygens (including phenoxy) is 2. The van der Waals surface area contributed by atoms with Crippen LogP contribution >= 0.6 is 0 Å². The van der Waals surface area contributed by atoms with Crippen LogP contribution in [0.3, 0.4) is 0 Å². The van der Waals surface area contributed by atoms with Gasteiger partial charge in [0, 0.05) is 25.6 Å². The van der Waals surface area contributed by atoms with Gasteiger partial charge in [0.25, 0.3) is 0 Å². The van der Waals surface area contributed by atoms with Gasteiger partial charge in [-0.15, -0.1) is 0 Å². The van der Waals surface area contributed by atoms with E-state index in [4.69, 9.17) is 15.2 Å². The zero-order valence-corrected chi connectivity index (χ0v) is 13.7. The minimum atomic E-state index is 0.0782. The van der Waals surface area contributed by atoms with E-state index in [1.165, 1.54) is 0 Å². The molecule has 1 saturated heterocycles. The summed E-state index contributed by atoms with van der Waals surface area (Å²) in [5.41, 5.74) is 6.92. The molecule has 1 heterocycles. The number of hydrogen-bond donors (Lipinski definition) is 1. The number of carbonyl (C=O) groups is 1. The molecule has 0 saturated carbocycles. The number of amides is 1. The van der Waals surface area contributed by atoms with Crippen LogP contribution < -0.4 is 15.2 Å². The van der Waals surface area contributed by atoms with Crippen molar-refractivity contribution in [1.82, 2.24) is 4.90 Å². The van der Waals surface area contributed by atoms with Crippen LogP contribution in [0.15, 0.2) is 18.2 Å². The molecule has 0 bridgehead atoms. The summed E-state index contributed by atoms with van der Waals surface area (Å²) in [4.78, 5) is 14.3. The van der Waals surface area contributed by atoms with E-state index < -0.39 is 0 Å². The molecule has 0 spiro atoms. The number of aryl methyl sites for hydroxylation is 1. The van der Waals surface area contributed by atoms with Crippen molar-refractivity contribution >= 4 is 5.91 Å². The molecule has 1 atom stereocenters. The molecule has 2 N–H and O–H groups in total. The summed E-state index contributed by atoms with van der Waals surface area (Å²) >= 11 is 0. The highest BCUT2D eigenvalue weighted by molar-refractivity contribution is 5.76. The highest BCUT2D eigenvalue weighted by Crippen LogP contribution is 2.29. The Labute approximate surface area is 132 Å². The van der Waals surface area contributed by atoms with Crippen LogP contribution in [0.4, 0.5) is 0 Å². The number of nitrogens with zero attached hydrogens (tertiary/aromatic N) is 1. The smallest absolute Gasteiger partial charge is 0.222 e. The lowest BCUT2D eigenvalue weighted by atomic mass is 9.90. The third kappa shape index (κ3) is 3.91. The lowest BCUT2D eigenvalue weighted by molar-refractivity contribution is -0.130. The summed E-state index contributed by atoms with van der Waals surface area (Å²) in [5, 5.41) is 0. The van der Waals surface area contributed by atoms with Gasteiger partial charge in [0.05, 0.1) is 14.2 Å². The SMILES string of the molecule is COc1cc(CCC(=O)N2CCC(C)(CN)C2)cc(OC)c1. The molecule has 2 rings (SSSR count). The normalized spacial score (nSPS) is 21.0. The number of likely N-dealkylation sites (tertiary alicyclic amines) is 1. The third-order valence-electron chi connectivity index (χ3n) is 4.44. The lowest BCUT2D eigenvalue weighted by Crippen LogP contribution is -2.34. The molecule has 5 nitrogen and oxygen atoms in total. The van der Waals surface area contributed by atoms with Gasteiger partial charge in [0.1, 0.15) is 11.5 Å². The standard InChI is InChI=1S/C17H26N2O3/c1-17(11-18)6-7-19(12-17)16(20)5-4-13-8-14(21-2)10-15(9-13)22-3/h8-10H,4-7,11-12,18H2,1-3H3. The molecular weight excluding hydrogens is 280 g/mol. The van der Waals surface area contributed by atoms with Crippen molar-refractivity contribution in [3.8, 4) is 11.5 Å². The van der Waals surface area contributed by atoms with E-state index in [-0.39, 0.29) is 11.3 Å². The first-order valence-corrected chi connectivity index (χ1v) is 7.69. The Morgan fingerprint density at radius 2 is 1.91 bits per heavy atom. The highest BCUT2D eigenvalue weighted by Gasteiger charge is 2.34. The summed E-state index contributed by atoms with van der Waals surface area (Å²) < 4.78 is 10.5. The van der Waals surface area contributed by atoms with Crippen molar-refractivity contribution < 1.29 is 14.3 Å². The number of methoxy groups -OCH3 is 2. The molecule has 1 aromatic rings. The Balaban J connectivity index is 1.94. The van der Waals surface area contributed by atoms with Crippen molar-refractivity contribution in [2.45, 2.75) is 26.2 Å². The molecule has 1 aliphatic heterocycles. The van der Waals surface area contributed by atoms with E-state index in [2.05, 4.69) is 6.92 Å². The van der Waals surface area contributed by atoms with Gasteiger partial charge in [-0.3, -0.25) is 4.79 Å². The van der Waals surface area contributed by atoms with Gasteiger partial charge in [-0.2, -0.15) is 0 Å². The summed E-state index contributed by atoms with van der Waals surface area (Å²) in [6.07, 6.45) is 2.17. The maximum atomic E-state index is 12.4. The zero-order chi connectivity index (χ0) is 16.2. The largest absolute Gasteiger partial charge is 0.497 e. The number of nitrogens with two attached hydrogens (primary N) is 1. The fourth-order valence-electron chi connectivity index (χ4n) is 2.82. The second kappa shape index (κ2) is 7.01. The highest BCUT2D eigenvalue weighted by atomic mass is 16.5. The second-order valence-corrected chi connectivity index (χ2v) is 6.30. The summed E-state index contributed by atoms with van der Waals surface area (Å²) in [6, 6.07) is 5.73. The number of carbonyl (C=O) groups excluding carboxylic acids is 1. The van der Waals surface area contributed by atoms with Crippen molar-refractivity contribution in [3.63, 3.8) is 0 Å². The first kappa shape index (κ1) is 16.6. The zero-order valence-electron chi connectivity index (χ0n) is 13.7. The Morgan fingerprint density at radius 3 is 2.41 bits per heavy atom. The minimum absolute atomic E-state index is 0.0782. The average Bonchev–Trinajstić information content (AvgIpc) is 2.95. The van der Waals surface area contributed by atoms with Crippen LogP contribution in [0.25, 0.3) is 0 Å². The van der Waals surface area contributed by atoms with Crippen LogP contribution in [-0.2, 0) is 11.2 Å². The Morgan fingerprint density at radius 1 is 1.27 bits per heavy atom.